The molecule has 0 bridgehead atoms. The van der Waals surface area contributed by atoms with Gasteiger partial charge in [-0.1, -0.05) is 13.0 Å². The molecule has 96 valence electrons. The van der Waals surface area contributed by atoms with E-state index >= 15 is 0 Å². The molecular weight excluding hydrogens is 220 g/mol. The quantitative estimate of drug-likeness (QED) is 0.731. The molecule has 2 N–H and O–H groups in total. The van der Waals surface area contributed by atoms with E-state index in [0.717, 1.165) is 0 Å². The smallest absolute Gasteiger partial charge is 0.317 e. The number of carboxylic acid groups (broad SMARTS) is 1. The van der Waals surface area contributed by atoms with Crippen molar-refractivity contribution in [2.75, 3.05) is 13.1 Å². The van der Waals surface area contributed by atoms with Gasteiger partial charge in [0.2, 0.25) is 0 Å². The number of rotatable bonds is 4. The van der Waals surface area contributed by atoms with E-state index in [1.54, 1.807) is 11.0 Å². The summed E-state index contributed by atoms with van der Waals surface area (Å²) in [5, 5.41) is 12.0. The predicted octanol–water partition coefficient (Wildman–Crippen LogP) is 1.46. The second-order valence-electron chi connectivity index (χ2n) is 4.58. The van der Waals surface area contributed by atoms with Gasteiger partial charge in [0.05, 0.1) is 5.41 Å². The van der Waals surface area contributed by atoms with E-state index in [4.69, 9.17) is 0 Å². The molecule has 1 rings (SSSR count). The normalized spacial score (nSPS) is 25.4. The lowest BCUT2D eigenvalue weighted by Crippen LogP contribution is -2.44. The Morgan fingerprint density at radius 1 is 1.65 bits per heavy atom. The fourth-order valence-corrected chi connectivity index (χ4v) is 2.01. The zero-order valence-corrected chi connectivity index (χ0v) is 10.4. The Hall–Kier alpha value is -1.52. The first-order valence-corrected chi connectivity index (χ1v) is 5.86. The molecule has 0 spiro atoms. The molecule has 1 fully saturated rings. The monoisotopic (exact) mass is 240 g/mol. The lowest BCUT2D eigenvalue weighted by Gasteiger charge is -2.24. The molecule has 5 heteroatoms. The second-order valence-corrected chi connectivity index (χ2v) is 4.58. The van der Waals surface area contributed by atoms with Crippen molar-refractivity contribution >= 4 is 12.0 Å². The summed E-state index contributed by atoms with van der Waals surface area (Å²) in [6, 6.07) is -0.321. The van der Waals surface area contributed by atoms with Crippen molar-refractivity contribution in [1.82, 2.24) is 10.2 Å². The predicted molar refractivity (Wildman–Crippen MR) is 64.7 cm³/mol. The van der Waals surface area contributed by atoms with Gasteiger partial charge in [0.25, 0.3) is 0 Å². The Morgan fingerprint density at radius 3 is 2.71 bits per heavy atom. The third kappa shape index (κ3) is 2.78. The number of nitrogens with zero attached hydrogens (tertiary/aromatic N) is 1. The summed E-state index contributed by atoms with van der Waals surface area (Å²) < 4.78 is 0. The van der Waals surface area contributed by atoms with Crippen LogP contribution in [-0.4, -0.2) is 41.1 Å². The van der Waals surface area contributed by atoms with Gasteiger partial charge in [-0.3, -0.25) is 4.79 Å². The van der Waals surface area contributed by atoms with Crippen molar-refractivity contribution in [3.05, 3.63) is 12.7 Å². The molecule has 17 heavy (non-hydrogen) atoms. The Labute approximate surface area is 101 Å². The molecule has 1 heterocycles. The molecule has 5 nitrogen and oxygen atoms in total. The van der Waals surface area contributed by atoms with Gasteiger partial charge >= 0.3 is 12.0 Å². The fraction of sp³-hybridized carbons (Fsp3) is 0.667. The van der Waals surface area contributed by atoms with Gasteiger partial charge in [-0.15, -0.1) is 6.58 Å². The summed E-state index contributed by atoms with van der Waals surface area (Å²) in [5.41, 5.74) is -0.769. The van der Waals surface area contributed by atoms with Crippen molar-refractivity contribution in [2.24, 2.45) is 5.41 Å². The van der Waals surface area contributed by atoms with E-state index < -0.39 is 11.4 Å². The van der Waals surface area contributed by atoms with E-state index in [2.05, 4.69) is 11.9 Å². The molecule has 0 aromatic rings. The standard InChI is InChI=1S/C12H20N2O3/c1-4-9(3)13-11(17)14-7-6-12(5-2,8-14)10(15)16/h4,9H,1,5-8H2,2-3H3,(H,13,17)(H,15,16). The van der Waals surface area contributed by atoms with Crippen LogP contribution in [0.4, 0.5) is 4.79 Å². The van der Waals surface area contributed by atoms with Gasteiger partial charge in [0.1, 0.15) is 0 Å². The number of amides is 2. The molecule has 0 radical (unpaired) electrons. The third-order valence-electron chi connectivity index (χ3n) is 3.48. The Balaban J connectivity index is 2.63. The van der Waals surface area contributed by atoms with Crippen molar-refractivity contribution in [3.63, 3.8) is 0 Å². The van der Waals surface area contributed by atoms with Crippen LogP contribution in [0.25, 0.3) is 0 Å². The van der Waals surface area contributed by atoms with Crippen molar-refractivity contribution in [2.45, 2.75) is 32.7 Å². The van der Waals surface area contributed by atoms with Gasteiger partial charge < -0.3 is 15.3 Å². The summed E-state index contributed by atoms with van der Waals surface area (Å²) in [7, 11) is 0. The average Bonchev–Trinajstić information content (AvgIpc) is 2.74. The average molecular weight is 240 g/mol. The van der Waals surface area contributed by atoms with Gasteiger partial charge in [0.15, 0.2) is 0 Å². The Bertz CT molecular complexity index is 330. The summed E-state index contributed by atoms with van der Waals surface area (Å²) in [5.74, 6) is -0.813. The maximum atomic E-state index is 11.8. The molecule has 1 aliphatic heterocycles. The van der Waals surface area contributed by atoms with Gasteiger partial charge in [-0.25, -0.2) is 4.79 Å². The Kier molecular flexibility index (Phi) is 4.15. The molecule has 1 saturated heterocycles. The topological polar surface area (TPSA) is 69.6 Å². The maximum absolute atomic E-state index is 11.8. The van der Waals surface area contributed by atoms with Crippen LogP contribution in [0.1, 0.15) is 26.7 Å². The van der Waals surface area contributed by atoms with Crippen molar-refractivity contribution in [1.29, 1.82) is 0 Å². The lowest BCUT2D eigenvalue weighted by molar-refractivity contribution is -0.148. The number of carbonyl (C=O) groups excluding carboxylic acids is 1. The third-order valence-corrected chi connectivity index (χ3v) is 3.48. The minimum absolute atomic E-state index is 0.107. The molecule has 2 unspecified atom stereocenters. The number of hydrogen-bond donors (Lipinski definition) is 2. The highest BCUT2D eigenvalue weighted by molar-refractivity contribution is 5.80. The molecule has 2 amide bonds. The van der Waals surface area contributed by atoms with E-state index in [0.29, 0.717) is 19.4 Å². The number of hydrogen-bond acceptors (Lipinski definition) is 2. The highest BCUT2D eigenvalue weighted by atomic mass is 16.4. The van der Waals surface area contributed by atoms with E-state index in [9.17, 15) is 14.7 Å². The highest BCUT2D eigenvalue weighted by Crippen LogP contribution is 2.34. The van der Waals surface area contributed by atoms with Crippen LogP contribution in [0.3, 0.4) is 0 Å². The number of carboxylic acids is 1. The van der Waals surface area contributed by atoms with Crippen LogP contribution in [0.5, 0.6) is 0 Å². The zero-order chi connectivity index (χ0) is 13.1. The van der Waals surface area contributed by atoms with Crippen molar-refractivity contribution in [3.8, 4) is 0 Å². The minimum atomic E-state index is -0.813. The molecule has 1 aliphatic rings. The van der Waals surface area contributed by atoms with Crippen LogP contribution >= 0.6 is 0 Å². The molecule has 0 aromatic heterocycles. The highest BCUT2D eigenvalue weighted by Gasteiger charge is 2.44. The molecule has 0 aromatic carbocycles. The van der Waals surface area contributed by atoms with Crippen molar-refractivity contribution < 1.29 is 14.7 Å². The lowest BCUT2D eigenvalue weighted by atomic mass is 9.84. The van der Waals surface area contributed by atoms with Gasteiger partial charge in [0, 0.05) is 19.1 Å². The first kappa shape index (κ1) is 13.5. The van der Waals surface area contributed by atoms with Crippen LogP contribution in [0, 0.1) is 5.41 Å². The molecule has 2 atom stereocenters. The van der Waals surface area contributed by atoms with E-state index in [1.807, 2.05) is 13.8 Å². The number of likely N-dealkylation sites (tertiary alicyclic amines) is 1. The van der Waals surface area contributed by atoms with E-state index in [-0.39, 0.29) is 18.6 Å². The summed E-state index contributed by atoms with van der Waals surface area (Å²) in [4.78, 5) is 24.6. The molecule has 0 aliphatic carbocycles. The minimum Gasteiger partial charge on any atom is -0.481 e. The van der Waals surface area contributed by atoms with Crippen LogP contribution in [0.2, 0.25) is 0 Å². The van der Waals surface area contributed by atoms with E-state index in [1.165, 1.54) is 0 Å². The van der Waals surface area contributed by atoms with Gasteiger partial charge in [-0.2, -0.15) is 0 Å². The summed E-state index contributed by atoms with van der Waals surface area (Å²) in [6.45, 7) is 8.04. The van der Waals surface area contributed by atoms with Crippen LogP contribution in [-0.2, 0) is 4.79 Å². The number of aliphatic carboxylic acids is 1. The van der Waals surface area contributed by atoms with Crippen LogP contribution < -0.4 is 5.32 Å². The zero-order valence-electron chi connectivity index (χ0n) is 10.4. The number of nitrogens with one attached hydrogen (secondary N) is 1. The van der Waals surface area contributed by atoms with Crippen LogP contribution in [0.15, 0.2) is 12.7 Å². The maximum Gasteiger partial charge on any atom is 0.317 e. The van der Waals surface area contributed by atoms with Gasteiger partial charge in [-0.05, 0) is 19.8 Å². The Morgan fingerprint density at radius 2 is 2.29 bits per heavy atom. The summed E-state index contributed by atoms with van der Waals surface area (Å²) >= 11 is 0. The molecule has 0 saturated carbocycles. The number of carbonyl (C=O) groups is 2. The second kappa shape index (κ2) is 5.21. The first-order valence-electron chi connectivity index (χ1n) is 5.86. The SMILES string of the molecule is C=CC(C)NC(=O)N1CCC(CC)(C(=O)O)C1. The molecular formula is C12H20N2O3. The first-order chi connectivity index (χ1) is 7.95. The number of urea groups is 1. The fourth-order valence-electron chi connectivity index (χ4n) is 2.01. The summed E-state index contributed by atoms with van der Waals surface area (Å²) in [6.07, 6.45) is 2.70. The largest absolute Gasteiger partial charge is 0.481 e.